The molecule has 0 radical (unpaired) electrons. The zero-order valence-corrected chi connectivity index (χ0v) is 11.7. The highest BCUT2D eigenvalue weighted by molar-refractivity contribution is 7.86. The Morgan fingerprint density at radius 3 is 2.00 bits per heavy atom. The first-order valence-corrected chi connectivity index (χ1v) is 7.45. The molecule has 0 aliphatic heterocycles. The van der Waals surface area contributed by atoms with Crippen molar-refractivity contribution in [3.05, 3.63) is 35.4 Å². The highest BCUT2D eigenvalue weighted by atomic mass is 32.2. The van der Waals surface area contributed by atoms with Crippen LogP contribution in [0.4, 0.5) is 0 Å². The van der Waals surface area contributed by atoms with Crippen molar-refractivity contribution in [1.29, 1.82) is 0 Å². The standard InChI is InChI=1S/C13H20O4S/c1-9(2)8-11-4-6-12(7-5-11)10(3)13(14)18(15,16)17/h4-7,9-10,13-14H,8H2,1-3H3,(H,15,16,17). The molecular weight excluding hydrogens is 252 g/mol. The number of hydrogen-bond donors (Lipinski definition) is 2. The van der Waals surface area contributed by atoms with Gasteiger partial charge in [0.2, 0.25) is 0 Å². The fourth-order valence-corrected chi connectivity index (χ4v) is 2.52. The molecule has 5 heteroatoms. The van der Waals surface area contributed by atoms with Gasteiger partial charge in [-0.05, 0) is 23.5 Å². The van der Waals surface area contributed by atoms with E-state index in [2.05, 4.69) is 13.8 Å². The van der Waals surface area contributed by atoms with Crippen LogP contribution in [0.5, 0.6) is 0 Å². The lowest BCUT2D eigenvalue weighted by Crippen LogP contribution is -2.25. The molecule has 2 atom stereocenters. The summed E-state index contributed by atoms with van der Waals surface area (Å²) in [6.45, 7) is 5.81. The van der Waals surface area contributed by atoms with Crippen molar-refractivity contribution in [1.82, 2.24) is 0 Å². The molecule has 0 bridgehead atoms. The Kier molecular flexibility index (Phi) is 4.90. The Morgan fingerprint density at radius 1 is 1.11 bits per heavy atom. The van der Waals surface area contributed by atoms with Gasteiger partial charge < -0.3 is 5.11 Å². The molecule has 18 heavy (non-hydrogen) atoms. The summed E-state index contributed by atoms with van der Waals surface area (Å²) in [6, 6.07) is 7.42. The molecule has 0 spiro atoms. The molecule has 0 aliphatic carbocycles. The molecule has 0 amide bonds. The van der Waals surface area contributed by atoms with E-state index in [-0.39, 0.29) is 0 Å². The lowest BCUT2D eigenvalue weighted by Gasteiger charge is -2.17. The van der Waals surface area contributed by atoms with Crippen LogP contribution in [-0.2, 0) is 16.5 Å². The normalized spacial score (nSPS) is 15.7. The van der Waals surface area contributed by atoms with Gasteiger partial charge in [0.15, 0.2) is 5.44 Å². The molecule has 0 aromatic heterocycles. The minimum absolute atomic E-state index is 0.552. The van der Waals surface area contributed by atoms with Crippen molar-refractivity contribution in [2.75, 3.05) is 0 Å². The molecular formula is C13H20O4S. The Labute approximate surface area is 108 Å². The Balaban J connectivity index is 2.85. The van der Waals surface area contributed by atoms with Gasteiger partial charge in [0.25, 0.3) is 10.1 Å². The van der Waals surface area contributed by atoms with E-state index in [0.29, 0.717) is 11.5 Å². The monoisotopic (exact) mass is 272 g/mol. The van der Waals surface area contributed by atoms with Gasteiger partial charge in [-0.1, -0.05) is 45.0 Å². The second kappa shape index (κ2) is 5.82. The first-order chi connectivity index (χ1) is 8.21. The lowest BCUT2D eigenvalue weighted by atomic mass is 9.97. The maximum Gasteiger partial charge on any atom is 0.292 e. The number of aliphatic hydroxyl groups is 1. The van der Waals surface area contributed by atoms with Crippen molar-refractivity contribution in [2.24, 2.45) is 5.92 Å². The Morgan fingerprint density at radius 2 is 1.61 bits per heavy atom. The van der Waals surface area contributed by atoms with E-state index in [1.807, 2.05) is 12.1 Å². The van der Waals surface area contributed by atoms with Crippen molar-refractivity contribution in [3.63, 3.8) is 0 Å². The van der Waals surface area contributed by atoms with Crippen molar-refractivity contribution >= 4 is 10.1 Å². The molecule has 2 unspecified atom stereocenters. The van der Waals surface area contributed by atoms with Crippen LogP contribution < -0.4 is 0 Å². The molecule has 0 fully saturated rings. The van der Waals surface area contributed by atoms with Crippen LogP contribution in [0.3, 0.4) is 0 Å². The van der Waals surface area contributed by atoms with Crippen LogP contribution >= 0.6 is 0 Å². The third kappa shape index (κ3) is 4.08. The summed E-state index contributed by atoms with van der Waals surface area (Å²) in [5, 5.41) is 9.48. The molecule has 0 saturated carbocycles. The number of rotatable bonds is 5. The van der Waals surface area contributed by atoms with Crippen LogP contribution in [0.1, 0.15) is 37.8 Å². The van der Waals surface area contributed by atoms with Gasteiger partial charge in [-0.3, -0.25) is 4.55 Å². The van der Waals surface area contributed by atoms with Gasteiger partial charge in [0, 0.05) is 5.92 Å². The maximum atomic E-state index is 10.9. The van der Waals surface area contributed by atoms with Gasteiger partial charge in [0.1, 0.15) is 0 Å². The van der Waals surface area contributed by atoms with E-state index < -0.39 is 21.5 Å². The second-order valence-corrected chi connectivity index (χ2v) is 6.55. The minimum atomic E-state index is -4.42. The summed E-state index contributed by atoms with van der Waals surface area (Å²) in [5.74, 6) is -0.107. The number of benzene rings is 1. The van der Waals surface area contributed by atoms with Crippen molar-refractivity contribution < 1.29 is 18.1 Å². The zero-order chi connectivity index (χ0) is 13.9. The van der Waals surface area contributed by atoms with Gasteiger partial charge in [0.05, 0.1) is 0 Å². The summed E-state index contributed by atoms with van der Waals surface area (Å²) in [7, 11) is -4.42. The maximum absolute atomic E-state index is 10.9. The number of aliphatic hydroxyl groups excluding tert-OH is 1. The molecule has 1 aromatic carbocycles. The molecule has 0 aliphatic rings. The quantitative estimate of drug-likeness (QED) is 0.806. The third-order valence-corrected chi connectivity index (χ3v) is 3.90. The predicted octanol–water partition coefficient (Wildman–Crippen LogP) is 2.19. The van der Waals surface area contributed by atoms with E-state index in [0.717, 1.165) is 6.42 Å². The summed E-state index contributed by atoms with van der Waals surface area (Å²) < 4.78 is 30.5. The third-order valence-electron chi connectivity index (χ3n) is 2.88. The molecule has 1 aromatic rings. The smallest absolute Gasteiger partial charge is 0.292 e. The summed E-state index contributed by atoms with van der Waals surface area (Å²) in [4.78, 5) is 0. The minimum Gasteiger partial charge on any atom is -0.375 e. The summed E-state index contributed by atoms with van der Waals surface area (Å²) in [6.07, 6.45) is 0.954. The van der Waals surface area contributed by atoms with Gasteiger partial charge >= 0.3 is 0 Å². The van der Waals surface area contributed by atoms with E-state index in [4.69, 9.17) is 4.55 Å². The fraction of sp³-hybridized carbons (Fsp3) is 0.538. The van der Waals surface area contributed by atoms with Crippen LogP contribution in [0, 0.1) is 5.92 Å². The van der Waals surface area contributed by atoms with E-state index in [1.54, 1.807) is 19.1 Å². The zero-order valence-electron chi connectivity index (χ0n) is 10.9. The molecule has 0 saturated heterocycles. The average Bonchev–Trinajstić information content (AvgIpc) is 2.26. The van der Waals surface area contributed by atoms with Crippen LogP contribution in [0.25, 0.3) is 0 Å². The highest BCUT2D eigenvalue weighted by Crippen LogP contribution is 2.23. The van der Waals surface area contributed by atoms with E-state index >= 15 is 0 Å². The topological polar surface area (TPSA) is 74.6 Å². The van der Waals surface area contributed by atoms with Gasteiger partial charge in [-0.15, -0.1) is 0 Å². The molecule has 0 heterocycles. The van der Waals surface area contributed by atoms with Crippen molar-refractivity contribution in [2.45, 2.75) is 38.5 Å². The first-order valence-electron chi connectivity index (χ1n) is 5.95. The molecule has 4 nitrogen and oxygen atoms in total. The largest absolute Gasteiger partial charge is 0.375 e. The first kappa shape index (κ1) is 15.1. The number of hydrogen-bond acceptors (Lipinski definition) is 3. The fourth-order valence-electron chi connectivity index (χ4n) is 1.85. The molecule has 2 N–H and O–H groups in total. The average molecular weight is 272 g/mol. The van der Waals surface area contributed by atoms with Crippen LogP contribution in [0.15, 0.2) is 24.3 Å². The van der Waals surface area contributed by atoms with E-state index in [9.17, 15) is 13.5 Å². The lowest BCUT2D eigenvalue weighted by molar-refractivity contribution is 0.209. The molecule has 102 valence electrons. The highest BCUT2D eigenvalue weighted by Gasteiger charge is 2.27. The predicted molar refractivity (Wildman–Crippen MR) is 71.0 cm³/mol. The van der Waals surface area contributed by atoms with Crippen LogP contribution in [0.2, 0.25) is 0 Å². The Bertz CT molecular complexity index is 476. The van der Waals surface area contributed by atoms with Gasteiger partial charge in [-0.2, -0.15) is 8.42 Å². The summed E-state index contributed by atoms with van der Waals surface area (Å²) >= 11 is 0. The van der Waals surface area contributed by atoms with Crippen LogP contribution in [-0.4, -0.2) is 23.5 Å². The van der Waals surface area contributed by atoms with E-state index in [1.165, 1.54) is 5.56 Å². The Hall–Kier alpha value is -0.910. The summed E-state index contributed by atoms with van der Waals surface area (Å²) in [5.41, 5.74) is 0.0726. The van der Waals surface area contributed by atoms with Crippen molar-refractivity contribution in [3.8, 4) is 0 Å². The second-order valence-electron chi connectivity index (χ2n) is 5.03. The SMILES string of the molecule is CC(C)Cc1ccc(C(C)C(O)S(=O)(=O)O)cc1. The molecule has 1 rings (SSSR count). The van der Waals surface area contributed by atoms with Gasteiger partial charge in [-0.25, -0.2) is 0 Å².